The average Bonchev–Trinajstić information content (AvgIpc) is 2.76. The molecule has 0 N–H and O–H groups in total. The highest BCUT2D eigenvalue weighted by atomic mass is 16.5. The second-order valence-electron chi connectivity index (χ2n) is 3.58. The van der Waals surface area contributed by atoms with Gasteiger partial charge < -0.3 is 9.15 Å². The van der Waals surface area contributed by atoms with Gasteiger partial charge in [0.1, 0.15) is 5.52 Å². The van der Waals surface area contributed by atoms with Crippen LogP contribution in [0.2, 0.25) is 0 Å². The largest absolute Gasteiger partial charge is 0.469 e. The maximum atomic E-state index is 10.9. The Bertz CT molecular complexity index is 490. The number of fused-ring (bicyclic) bond motifs is 1. The molecule has 2 rings (SSSR count). The summed E-state index contributed by atoms with van der Waals surface area (Å²) in [5, 5.41) is 0. The number of esters is 1. The van der Waals surface area contributed by atoms with Gasteiger partial charge in [-0.2, -0.15) is 0 Å². The molecule has 0 saturated heterocycles. The minimum Gasteiger partial charge on any atom is -0.469 e. The van der Waals surface area contributed by atoms with Gasteiger partial charge in [0, 0.05) is 6.42 Å². The third-order valence-corrected chi connectivity index (χ3v) is 2.47. The molecule has 4 heteroatoms. The molecule has 0 spiro atoms. The maximum Gasteiger partial charge on any atom is 0.305 e. The fraction of sp³-hybridized carbons (Fsp3) is 0.333. The van der Waals surface area contributed by atoms with E-state index in [1.165, 1.54) is 13.5 Å². The molecule has 2 aromatic rings. The summed E-state index contributed by atoms with van der Waals surface area (Å²) in [5.41, 5.74) is 2.79. The number of aromatic nitrogens is 1. The lowest BCUT2D eigenvalue weighted by Crippen LogP contribution is -2.00. The summed E-state index contributed by atoms with van der Waals surface area (Å²) >= 11 is 0. The number of ether oxygens (including phenoxy) is 1. The zero-order valence-corrected chi connectivity index (χ0v) is 9.10. The number of carbonyl (C=O) groups excluding carboxylic acids is 1. The van der Waals surface area contributed by atoms with Crippen molar-refractivity contribution in [2.45, 2.75) is 19.3 Å². The van der Waals surface area contributed by atoms with E-state index in [-0.39, 0.29) is 5.97 Å². The number of rotatable bonds is 4. The minimum atomic E-state index is -0.166. The van der Waals surface area contributed by atoms with Crippen molar-refractivity contribution in [1.29, 1.82) is 0 Å². The van der Waals surface area contributed by atoms with Crippen molar-refractivity contribution in [3.63, 3.8) is 0 Å². The molecule has 1 heterocycles. The Hall–Kier alpha value is -1.84. The number of nitrogens with zero attached hydrogens (tertiary/aromatic N) is 1. The van der Waals surface area contributed by atoms with E-state index in [1.807, 2.05) is 18.2 Å². The first-order valence-corrected chi connectivity index (χ1v) is 5.18. The summed E-state index contributed by atoms with van der Waals surface area (Å²) in [6.07, 6.45) is 3.51. The molecule has 1 aromatic carbocycles. The Balaban J connectivity index is 1.96. The summed E-state index contributed by atoms with van der Waals surface area (Å²) < 4.78 is 9.78. The van der Waals surface area contributed by atoms with Gasteiger partial charge >= 0.3 is 5.97 Å². The van der Waals surface area contributed by atoms with Crippen molar-refractivity contribution >= 4 is 17.1 Å². The maximum absolute atomic E-state index is 10.9. The van der Waals surface area contributed by atoms with Crippen molar-refractivity contribution in [2.75, 3.05) is 7.11 Å². The first-order valence-electron chi connectivity index (χ1n) is 5.18. The van der Waals surface area contributed by atoms with E-state index < -0.39 is 0 Å². The highest BCUT2D eigenvalue weighted by Crippen LogP contribution is 2.15. The van der Waals surface area contributed by atoms with Crippen LogP contribution in [0.15, 0.2) is 29.0 Å². The molecule has 0 saturated carbocycles. The van der Waals surface area contributed by atoms with E-state index in [9.17, 15) is 4.79 Å². The van der Waals surface area contributed by atoms with Gasteiger partial charge in [-0.05, 0) is 30.5 Å². The Morgan fingerprint density at radius 3 is 3.19 bits per heavy atom. The quantitative estimate of drug-likeness (QED) is 0.740. The van der Waals surface area contributed by atoms with Crippen LogP contribution in [-0.4, -0.2) is 18.1 Å². The average molecular weight is 219 g/mol. The van der Waals surface area contributed by atoms with Gasteiger partial charge in [-0.25, -0.2) is 4.98 Å². The molecule has 0 atom stereocenters. The molecule has 0 radical (unpaired) electrons. The minimum absolute atomic E-state index is 0.166. The molecule has 16 heavy (non-hydrogen) atoms. The molecule has 0 aliphatic rings. The molecule has 0 aliphatic heterocycles. The SMILES string of the molecule is COC(=O)CCCc1ccc2ncoc2c1. The number of oxazole rings is 1. The Kier molecular flexibility index (Phi) is 3.19. The van der Waals surface area contributed by atoms with Gasteiger partial charge in [0.05, 0.1) is 7.11 Å². The van der Waals surface area contributed by atoms with Crippen LogP contribution in [0.3, 0.4) is 0 Å². The number of carbonyl (C=O) groups is 1. The second kappa shape index (κ2) is 4.79. The third-order valence-electron chi connectivity index (χ3n) is 2.47. The molecule has 0 fully saturated rings. The number of methoxy groups -OCH3 is 1. The van der Waals surface area contributed by atoms with Gasteiger partial charge in [0.15, 0.2) is 12.0 Å². The summed E-state index contributed by atoms with van der Waals surface area (Å²) in [7, 11) is 1.41. The van der Waals surface area contributed by atoms with Crippen molar-refractivity contribution < 1.29 is 13.9 Å². The van der Waals surface area contributed by atoms with Crippen LogP contribution in [0.4, 0.5) is 0 Å². The van der Waals surface area contributed by atoms with Crippen LogP contribution >= 0.6 is 0 Å². The number of hydrogen-bond acceptors (Lipinski definition) is 4. The highest BCUT2D eigenvalue weighted by molar-refractivity contribution is 5.72. The van der Waals surface area contributed by atoms with E-state index in [2.05, 4.69) is 9.72 Å². The number of benzene rings is 1. The Morgan fingerprint density at radius 1 is 1.50 bits per heavy atom. The fourth-order valence-corrected chi connectivity index (χ4v) is 1.59. The Labute approximate surface area is 93.2 Å². The summed E-state index contributed by atoms with van der Waals surface area (Å²) in [6.45, 7) is 0. The van der Waals surface area contributed by atoms with E-state index in [4.69, 9.17) is 4.42 Å². The van der Waals surface area contributed by atoms with Gasteiger partial charge in [-0.3, -0.25) is 4.79 Å². The third kappa shape index (κ3) is 2.39. The molecule has 0 aliphatic carbocycles. The normalized spacial score (nSPS) is 10.6. The monoisotopic (exact) mass is 219 g/mol. The van der Waals surface area contributed by atoms with E-state index >= 15 is 0 Å². The molecule has 4 nitrogen and oxygen atoms in total. The van der Waals surface area contributed by atoms with E-state index in [0.717, 1.165) is 29.5 Å². The molecule has 0 bridgehead atoms. The fourth-order valence-electron chi connectivity index (χ4n) is 1.59. The Morgan fingerprint density at radius 2 is 2.38 bits per heavy atom. The first-order chi connectivity index (χ1) is 7.79. The summed E-state index contributed by atoms with van der Waals surface area (Å²) in [4.78, 5) is 15.0. The lowest BCUT2D eigenvalue weighted by atomic mass is 10.1. The topological polar surface area (TPSA) is 52.3 Å². The lowest BCUT2D eigenvalue weighted by Gasteiger charge is -2.00. The molecule has 1 aromatic heterocycles. The van der Waals surface area contributed by atoms with Crippen molar-refractivity contribution in [3.8, 4) is 0 Å². The van der Waals surface area contributed by atoms with Crippen LogP contribution < -0.4 is 0 Å². The van der Waals surface area contributed by atoms with Crippen molar-refractivity contribution in [2.24, 2.45) is 0 Å². The van der Waals surface area contributed by atoms with Gasteiger partial charge in [-0.15, -0.1) is 0 Å². The van der Waals surface area contributed by atoms with Gasteiger partial charge in [0.2, 0.25) is 0 Å². The standard InChI is InChI=1S/C12H13NO3/c1-15-12(14)4-2-3-9-5-6-10-11(7-9)16-8-13-10/h5-8H,2-4H2,1H3. The summed E-state index contributed by atoms with van der Waals surface area (Å²) in [6, 6.07) is 5.88. The smallest absolute Gasteiger partial charge is 0.305 e. The van der Waals surface area contributed by atoms with Crippen LogP contribution in [0.5, 0.6) is 0 Å². The molecular weight excluding hydrogens is 206 g/mol. The van der Waals surface area contributed by atoms with Crippen molar-refractivity contribution in [3.05, 3.63) is 30.2 Å². The lowest BCUT2D eigenvalue weighted by molar-refractivity contribution is -0.140. The molecule has 84 valence electrons. The van der Waals surface area contributed by atoms with Crippen LogP contribution in [-0.2, 0) is 16.0 Å². The van der Waals surface area contributed by atoms with Crippen molar-refractivity contribution in [1.82, 2.24) is 4.98 Å². The van der Waals surface area contributed by atoms with Gasteiger partial charge in [-0.1, -0.05) is 6.07 Å². The second-order valence-corrected chi connectivity index (χ2v) is 3.58. The van der Waals surface area contributed by atoms with Crippen LogP contribution in [0.25, 0.3) is 11.1 Å². The highest BCUT2D eigenvalue weighted by Gasteiger charge is 2.03. The molecular formula is C12H13NO3. The van der Waals surface area contributed by atoms with Gasteiger partial charge in [0.25, 0.3) is 0 Å². The predicted molar refractivity (Wildman–Crippen MR) is 59.0 cm³/mol. The van der Waals surface area contributed by atoms with E-state index in [0.29, 0.717) is 6.42 Å². The summed E-state index contributed by atoms with van der Waals surface area (Å²) in [5.74, 6) is -0.166. The molecule has 0 amide bonds. The number of hydrogen-bond donors (Lipinski definition) is 0. The first kappa shape index (κ1) is 10.7. The van der Waals surface area contributed by atoms with Crippen LogP contribution in [0.1, 0.15) is 18.4 Å². The molecule has 0 unspecified atom stereocenters. The van der Waals surface area contributed by atoms with E-state index in [1.54, 1.807) is 0 Å². The predicted octanol–water partition coefficient (Wildman–Crippen LogP) is 2.32. The number of aryl methyl sites for hydroxylation is 1. The zero-order valence-electron chi connectivity index (χ0n) is 9.10. The zero-order chi connectivity index (χ0) is 11.4. The van der Waals surface area contributed by atoms with Crippen LogP contribution in [0, 0.1) is 0 Å².